The zero-order chi connectivity index (χ0) is 28.2. The monoisotopic (exact) mass is 557 g/mol. The molecule has 1 aliphatic heterocycles. The van der Waals surface area contributed by atoms with Crippen molar-refractivity contribution in [3.63, 3.8) is 0 Å². The van der Waals surface area contributed by atoms with Crippen LogP contribution < -0.4 is 10.2 Å². The van der Waals surface area contributed by atoms with E-state index >= 15 is 0 Å². The van der Waals surface area contributed by atoms with Crippen LogP contribution in [0.1, 0.15) is 51.8 Å². The van der Waals surface area contributed by atoms with Crippen molar-refractivity contribution in [2.45, 2.75) is 58.1 Å². The number of nitrogens with one attached hydrogen (secondary N) is 1. The average molecular weight is 558 g/mol. The van der Waals surface area contributed by atoms with Crippen LogP contribution in [0.2, 0.25) is 0 Å². The molecule has 1 aliphatic carbocycles. The predicted molar refractivity (Wildman–Crippen MR) is 152 cm³/mol. The number of rotatable bonds is 10. The number of ether oxygens (including phenoxy) is 1. The maximum atomic E-state index is 14.1. The largest absolute Gasteiger partial charge is 0.392 e. The minimum atomic E-state index is -2.75. The molecule has 2 N–H and O–H groups in total. The lowest BCUT2D eigenvalue weighted by Crippen LogP contribution is -2.41. The van der Waals surface area contributed by atoms with Crippen molar-refractivity contribution in [2.75, 3.05) is 56.7 Å². The number of aromatic nitrogens is 4. The van der Waals surface area contributed by atoms with E-state index in [0.717, 1.165) is 25.7 Å². The Morgan fingerprint density at radius 2 is 1.75 bits per heavy atom. The van der Waals surface area contributed by atoms with Gasteiger partial charge in [0.15, 0.2) is 5.82 Å². The minimum Gasteiger partial charge on any atom is -0.392 e. The van der Waals surface area contributed by atoms with Crippen LogP contribution in [0.3, 0.4) is 0 Å². The third-order valence-electron chi connectivity index (χ3n) is 8.28. The molecule has 0 spiro atoms. The topological polar surface area (TPSA) is 91.6 Å². The second-order valence-electron chi connectivity index (χ2n) is 11.4. The fourth-order valence-corrected chi connectivity index (χ4v) is 5.68. The molecule has 2 aliphatic rings. The van der Waals surface area contributed by atoms with E-state index in [1.165, 1.54) is 4.57 Å². The maximum absolute atomic E-state index is 14.1. The molecule has 40 heavy (non-hydrogen) atoms. The van der Waals surface area contributed by atoms with Crippen LogP contribution in [0.5, 0.6) is 0 Å². The van der Waals surface area contributed by atoms with Crippen molar-refractivity contribution >= 4 is 22.8 Å². The predicted octanol–water partition coefficient (Wildman–Crippen LogP) is 4.51. The van der Waals surface area contributed by atoms with Gasteiger partial charge in [-0.1, -0.05) is 26.0 Å². The second-order valence-corrected chi connectivity index (χ2v) is 11.4. The molecular formula is C29H41F2N7O2. The summed E-state index contributed by atoms with van der Waals surface area (Å²) in [6.07, 6.45) is 1.22. The highest BCUT2D eigenvalue weighted by atomic mass is 19.3. The van der Waals surface area contributed by atoms with Gasteiger partial charge >= 0.3 is 0 Å². The van der Waals surface area contributed by atoms with Gasteiger partial charge in [-0.3, -0.25) is 4.57 Å². The van der Waals surface area contributed by atoms with Crippen LogP contribution in [0, 0.1) is 11.8 Å². The smallest absolute Gasteiger partial charge is 0.296 e. The van der Waals surface area contributed by atoms with Crippen molar-refractivity contribution in [3.05, 3.63) is 36.2 Å². The van der Waals surface area contributed by atoms with Gasteiger partial charge < -0.3 is 25.0 Å². The van der Waals surface area contributed by atoms with Crippen LogP contribution in [-0.4, -0.2) is 88.1 Å². The number of hydrogen-bond donors (Lipinski definition) is 2. The number of nitrogens with zero attached hydrogens (tertiary/aromatic N) is 6. The van der Waals surface area contributed by atoms with Crippen molar-refractivity contribution in [1.82, 2.24) is 24.4 Å². The molecule has 1 atom stereocenters. The second kappa shape index (κ2) is 12.7. The molecule has 2 aromatic heterocycles. The number of aliphatic hydroxyl groups is 1. The molecule has 2 fully saturated rings. The van der Waals surface area contributed by atoms with Gasteiger partial charge in [0.2, 0.25) is 5.95 Å². The molecule has 9 nitrogen and oxygen atoms in total. The summed E-state index contributed by atoms with van der Waals surface area (Å²) in [5.74, 6) is 1.86. The molecule has 11 heteroatoms. The number of hydrogen-bond acceptors (Lipinski definition) is 8. The number of fused-ring (bicyclic) bond motifs is 1. The van der Waals surface area contributed by atoms with Crippen molar-refractivity contribution < 1.29 is 18.6 Å². The van der Waals surface area contributed by atoms with Crippen LogP contribution in [0.15, 0.2) is 30.3 Å². The molecule has 218 valence electrons. The number of aliphatic hydroxyl groups excluding tert-OH is 1. The number of morpholine rings is 1. The van der Waals surface area contributed by atoms with E-state index in [1.54, 1.807) is 24.3 Å². The molecule has 3 aromatic rings. The van der Waals surface area contributed by atoms with E-state index in [0.29, 0.717) is 80.0 Å². The van der Waals surface area contributed by atoms with E-state index in [4.69, 9.17) is 14.7 Å². The van der Waals surface area contributed by atoms with Gasteiger partial charge in [0.05, 0.1) is 30.4 Å². The maximum Gasteiger partial charge on any atom is 0.296 e. The Morgan fingerprint density at radius 3 is 2.45 bits per heavy atom. The van der Waals surface area contributed by atoms with Gasteiger partial charge in [0, 0.05) is 38.3 Å². The summed E-state index contributed by atoms with van der Waals surface area (Å²) in [5.41, 5.74) is 1.09. The first kappa shape index (κ1) is 28.6. The Bertz CT molecular complexity index is 1260. The standard InChI is InChI=1S/C29H41F2N7O2/c1-19(2)24(39)18-36(3)21-10-8-20(9-11-21)17-32-29-34-25(37-12-14-40-15-13-37)16-26(35-29)38-23-7-5-4-6-22(23)33-28(38)27(30)31/h4-7,16,19-21,24,27,39H,8-15,17-18H2,1-3H3,(H,32,34,35)/t20-,21-,24?. The quantitative estimate of drug-likeness (QED) is 0.376. The highest BCUT2D eigenvalue weighted by Crippen LogP contribution is 2.31. The fourth-order valence-electron chi connectivity index (χ4n) is 5.68. The summed E-state index contributed by atoms with van der Waals surface area (Å²) in [6.45, 7) is 8.02. The molecule has 0 radical (unpaired) electrons. The third kappa shape index (κ3) is 6.53. The summed E-state index contributed by atoms with van der Waals surface area (Å²) in [5, 5.41) is 13.7. The number of alkyl halides is 2. The van der Waals surface area contributed by atoms with Crippen LogP contribution >= 0.6 is 0 Å². The Balaban J connectivity index is 1.34. The number of benzene rings is 1. The first-order chi connectivity index (χ1) is 19.3. The molecule has 1 unspecified atom stereocenters. The molecule has 0 bridgehead atoms. The Kier molecular flexibility index (Phi) is 9.12. The zero-order valence-electron chi connectivity index (χ0n) is 23.6. The summed E-state index contributed by atoms with van der Waals surface area (Å²) in [6, 6.07) is 9.37. The molecule has 1 aromatic carbocycles. The van der Waals surface area contributed by atoms with E-state index < -0.39 is 6.43 Å². The van der Waals surface area contributed by atoms with Crippen LogP contribution in [0.25, 0.3) is 16.9 Å². The van der Waals surface area contributed by atoms with Gasteiger partial charge in [-0.2, -0.15) is 9.97 Å². The molecule has 5 rings (SSSR count). The number of para-hydroxylation sites is 2. The summed E-state index contributed by atoms with van der Waals surface area (Å²) in [7, 11) is 2.11. The normalized spacial score (nSPS) is 21.1. The zero-order valence-corrected chi connectivity index (χ0v) is 23.6. The summed E-state index contributed by atoms with van der Waals surface area (Å²) < 4.78 is 35.2. The average Bonchev–Trinajstić information content (AvgIpc) is 3.37. The SMILES string of the molecule is CC(C)C(O)CN(C)[C@H]1CC[C@H](CNc2nc(N3CCOCC3)cc(-n3c(C(F)F)nc4ccccc43)n2)CC1. The Morgan fingerprint density at radius 1 is 1.05 bits per heavy atom. The van der Waals surface area contributed by atoms with E-state index in [9.17, 15) is 13.9 Å². The number of imidazole rings is 1. The fraction of sp³-hybridized carbons (Fsp3) is 0.621. The minimum absolute atomic E-state index is 0.248. The lowest BCUT2D eigenvalue weighted by atomic mass is 9.85. The van der Waals surface area contributed by atoms with Gasteiger partial charge in [0.1, 0.15) is 11.6 Å². The molecule has 3 heterocycles. The number of anilines is 2. The Labute approximate surface area is 234 Å². The lowest BCUT2D eigenvalue weighted by Gasteiger charge is -2.36. The number of likely N-dealkylation sites (N-methyl/N-ethyl adjacent to an activating group) is 1. The van der Waals surface area contributed by atoms with E-state index in [2.05, 4.69) is 27.1 Å². The summed E-state index contributed by atoms with van der Waals surface area (Å²) in [4.78, 5) is 18.1. The van der Waals surface area contributed by atoms with Crippen molar-refractivity contribution in [3.8, 4) is 5.82 Å². The third-order valence-corrected chi connectivity index (χ3v) is 8.28. The first-order valence-electron chi connectivity index (χ1n) is 14.4. The summed E-state index contributed by atoms with van der Waals surface area (Å²) >= 11 is 0. The molecule has 0 amide bonds. The lowest BCUT2D eigenvalue weighted by molar-refractivity contribution is 0.0579. The van der Waals surface area contributed by atoms with Gasteiger partial charge in [0.25, 0.3) is 6.43 Å². The highest BCUT2D eigenvalue weighted by molar-refractivity contribution is 5.78. The van der Waals surface area contributed by atoms with E-state index in [-0.39, 0.29) is 17.8 Å². The van der Waals surface area contributed by atoms with Crippen LogP contribution in [-0.2, 0) is 4.74 Å². The van der Waals surface area contributed by atoms with Gasteiger partial charge in [-0.15, -0.1) is 0 Å². The molecular weight excluding hydrogens is 516 g/mol. The first-order valence-corrected chi connectivity index (χ1v) is 14.4. The number of halogens is 2. The van der Waals surface area contributed by atoms with Gasteiger partial charge in [-0.05, 0) is 56.7 Å². The van der Waals surface area contributed by atoms with E-state index in [1.807, 2.05) is 19.9 Å². The van der Waals surface area contributed by atoms with Gasteiger partial charge in [-0.25, -0.2) is 13.8 Å². The Hall–Kier alpha value is -2.89. The van der Waals surface area contributed by atoms with Crippen LogP contribution in [0.4, 0.5) is 20.5 Å². The van der Waals surface area contributed by atoms with Crippen molar-refractivity contribution in [2.24, 2.45) is 11.8 Å². The van der Waals surface area contributed by atoms with Crippen molar-refractivity contribution in [1.29, 1.82) is 0 Å². The molecule has 1 saturated carbocycles. The molecule has 1 saturated heterocycles. The highest BCUT2D eigenvalue weighted by Gasteiger charge is 2.27.